The molecule has 0 bridgehead atoms. The van der Waals surface area contributed by atoms with Crippen LogP contribution in [0.25, 0.3) is 19.5 Å². The van der Waals surface area contributed by atoms with Crippen LogP contribution in [0.15, 0.2) is 36.4 Å². The van der Waals surface area contributed by atoms with E-state index >= 15 is 0 Å². The van der Waals surface area contributed by atoms with Gasteiger partial charge in [-0.15, -0.1) is 34.0 Å². The van der Waals surface area contributed by atoms with Crippen molar-refractivity contribution in [1.82, 2.24) is 0 Å². The molecule has 0 spiro atoms. The Morgan fingerprint density at radius 2 is 1.37 bits per heavy atom. The highest BCUT2D eigenvalue weighted by atomic mass is 127. The average molecular weight is 416 g/mol. The summed E-state index contributed by atoms with van der Waals surface area (Å²) in [5.74, 6) is 0. The van der Waals surface area contributed by atoms with Gasteiger partial charge in [0.2, 0.25) is 0 Å². The second kappa shape index (κ2) is 6.08. The van der Waals surface area contributed by atoms with Crippen molar-refractivity contribution in [1.29, 1.82) is 0 Å². The zero-order valence-electron chi connectivity index (χ0n) is 10.5. The Morgan fingerprint density at radius 3 is 2.00 bits per heavy atom. The fraction of sp³-hybridized carbons (Fsp3) is 0.200. The van der Waals surface area contributed by atoms with Crippen LogP contribution >= 0.6 is 56.6 Å². The molecule has 0 aromatic carbocycles. The van der Waals surface area contributed by atoms with Gasteiger partial charge in [-0.05, 0) is 65.4 Å². The molecule has 3 heterocycles. The number of hydrogen-bond donors (Lipinski definition) is 0. The third kappa shape index (κ3) is 3.12. The summed E-state index contributed by atoms with van der Waals surface area (Å²) in [6.07, 6.45) is 2.43. The van der Waals surface area contributed by atoms with E-state index in [0.29, 0.717) is 0 Å². The fourth-order valence-corrected chi connectivity index (χ4v) is 5.86. The predicted molar refractivity (Wildman–Crippen MR) is 97.7 cm³/mol. The molecule has 0 aliphatic heterocycles. The lowest BCUT2D eigenvalue weighted by Crippen LogP contribution is -1.71. The van der Waals surface area contributed by atoms with Crippen LogP contribution in [0.1, 0.15) is 18.2 Å². The Hall–Kier alpha value is -0.170. The van der Waals surface area contributed by atoms with Crippen molar-refractivity contribution in [3.8, 4) is 19.5 Å². The summed E-state index contributed by atoms with van der Waals surface area (Å²) in [5, 5.41) is 0. The number of thiophene rings is 3. The van der Waals surface area contributed by atoms with Gasteiger partial charge < -0.3 is 0 Å². The van der Waals surface area contributed by atoms with Crippen molar-refractivity contribution >= 4 is 56.6 Å². The Labute approximate surface area is 139 Å². The summed E-state index contributed by atoms with van der Waals surface area (Å²) in [6.45, 7) is 2.24. The average Bonchev–Trinajstić information content (AvgIpc) is 3.07. The first-order valence-electron chi connectivity index (χ1n) is 6.21. The topological polar surface area (TPSA) is 0 Å². The second-order valence-electron chi connectivity index (χ2n) is 4.28. The van der Waals surface area contributed by atoms with Crippen LogP contribution in [-0.4, -0.2) is 0 Å². The van der Waals surface area contributed by atoms with Crippen LogP contribution in [-0.2, 0) is 6.42 Å². The van der Waals surface area contributed by atoms with Gasteiger partial charge in [-0.2, -0.15) is 0 Å². The van der Waals surface area contributed by atoms with E-state index < -0.39 is 0 Å². The van der Waals surface area contributed by atoms with Crippen LogP contribution in [0.4, 0.5) is 0 Å². The summed E-state index contributed by atoms with van der Waals surface area (Å²) in [6, 6.07) is 13.5. The van der Waals surface area contributed by atoms with Gasteiger partial charge in [0.15, 0.2) is 0 Å². The number of aryl methyl sites for hydroxylation is 1. The summed E-state index contributed by atoms with van der Waals surface area (Å²) >= 11 is 8.08. The lowest BCUT2D eigenvalue weighted by Gasteiger charge is -1.91. The zero-order chi connectivity index (χ0) is 13.2. The monoisotopic (exact) mass is 416 g/mol. The SMILES string of the molecule is CCCc1ccc(-c2ccc(-c3ccc(I)s3)s2)s1. The van der Waals surface area contributed by atoms with Crippen molar-refractivity contribution in [3.63, 3.8) is 0 Å². The molecule has 98 valence electrons. The maximum atomic E-state index is 2.38. The molecule has 0 unspecified atom stereocenters. The number of rotatable bonds is 4. The predicted octanol–water partition coefficient (Wildman–Crippen LogP) is 6.76. The minimum absolute atomic E-state index is 1.20. The lowest BCUT2D eigenvalue weighted by atomic mass is 10.3. The summed E-state index contributed by atoms with van der Waals surface area (Å²) in [4.78, 5) is 7.06. The molecule has 0 saturated heterocycles. The van der Waals surface area contributed by atoms with Gasteiger partial charge in [0.1, 0.15) is 0 Å². The van der Waals surface area contributed by atoms with Crippen molar-refractivity contribution in [3.05, 3.63) is 44.2 Å². The van der Waals surface area contributed by atoms with Gasteiger partial charge in [-0.1, -0.05) is 13.3 Å². The Morgan fingerprint density at radius 1 is 0.789 bits per heavy atom. The zero-order valence-corrected chi connectivity index (χ0v) is 15.1. The Kier molecular flexibility index (Phi) is 4.41. The maximum absolute atomic E-state index is 2.38. The van der Waals surface area contributed by atoms with Crippen LogP contribution < -0.4 is 0 Å². The van der Waals surface area contributed by atoms with Crippen molar-refractivity contribution < 1.29 is 0 Å². The highest BCUT2D eigenvalue weighted by Crippen LogP contribution is 2.40. The summed E-state index contributed by atoms with van der Waals surface area (Å²) in [7, 11) is 0. The van der Waals surface area contributed by atoms with Gasteiger partial charge in [0.05, 0.1) is 2.88 Å². The van der Waals surface area contributed by atoms with Crippen LogP contribution in [0.2, 0.25) is 0 Å². The third-order valence-corrected chi connectivity index (χ3v) is 7.34. The van der Waals surface area contributed by atoms with E-state index in [4.69, 9.17) is 0 Å². The normalized spacial score (nSPS) is 11.1. The van der Waals surface area contributed by atoms with Gasteiger partial charge in [0.25, 0.3) is 0 Å². The molecule has 0 aliphatic rings. The second-order valence-corrected chi connectivity index (χ2v) is 9.51. The highest BCUT2D eigenvalue weighted by molar-refractivity contribution is 14.1. The van der Waals surface area contributed by atoms with Gasteiger partial charge in [-0.25, -0.2) is 0 Å². The largest absolute Gasteiger partial charge is 0.139 e. The van der Waals surface area contributed by atoms with Crippen LogP contribution in [0.3, 0.4) is 0 Å². The van der Waals surface area contributed by atoms with Crippen LogP contribution in [0, 0.1) is 2.88 Å². The first-order chi connectivity index (χ1) is 9.26. The molecular weight excluding hydrogens is 403 g/mol. The summed E-state index contributed by atoms with van der Waals surface area (Å²) < 4.78 is 1.35. The number of halogens is 1. The molecule has 0 amide bonds. The molecule has 3 rings (SSSR count). The molecule has 0 radical (unpaired) electrons. The van der Waals surface area contributed by atoms with Crippen molar-refractivity contribution in [2.45, 2.75) is 19.8 Å². The minimum Gasteiger partial charge on any atom is -0.139 e. The molecule has 19 heavy (non-hydrogen) atoms. The molecule has 0 atom stereocenters. The Bertz CT molecular complexity index is 675. The van der Waals surface area contributed by atoms with E-state index in [1.807, 2.05) is 34.0 Å². The first kappa shape index (κ1) is 13.8. The quantitative estimate of drug-likeness (QED) is 0.412. The lowest BCUT2D eigenvalue weighted by molar-refractivity contribution is 0.940. The van der Waals surface area contributed by atoms with Gasteiger partial charge in [0, 0.05) is 24.4 Å². The van der Waals surface area contributed by atoms with E-state index in [1.165, 1.54) is 40.1 Å². The highest BCUT2D eigenvalue weighted by Gasteiger charge is 2.08. The summed E-state index contributed by atoms with van der Waals surface area (Å²) in [5.41, 5.74) is 0. The molecule has 3 aromatic heterocycles. The smallest absolute Gasteiger partial charge is 0.0660 e. The van der Waals surface area contributed by atoms with E-state index in [0.717, 1.165) is 0 Å². The molecule has 4 heteroatoms. The van der Waals surface area contributed by atoms with Gasteiger partial charge >= 0.3 is 0 Å². The van der Waals surface area contributed by atoms with Gasteiger partial charge in [-0.3, -0.25) is 0 Å². The van der Waals surface area contributed by atoms with E-state index in [-0.39, 0.29) is 0 Å². The van der Waals surface area contributed by atoms with E-state index in [1.54, 1.807) is 0 Å². The molecule has 0 fully saturated rings. The van der Waals surface area contributed by atoms with Crippen LogP contribution in [0.5, 0.6) is 0 Å². The molecule has 0 N–H and O–H groups in total. The molecule has 0 nitrogen and oxygen atoms in total. The minimum atomic E-state index is 1.20. The molecule has 0 aliphatic carbocycles. The first-order valence-corrected chi connectivity index (χ1v) is 9.73. The molecular formula is C15H13IS3. The third-order valence-electron chi connectivity index (χ3n) is 2.82. The molecule has 3 aromatic rings. The van der Waals surface area contributed by atoms with E-state index in [2.05, 4.69) is 65.9 Å². The van der Waals surface area contributed by atoms with E-state index in [9.17, 15) is 0 Å². The fourth-order valence-electron chi connectivity index (χ4n) is 1.94. The molecule has 0 saturated carbocycles. The number of hydrogen-bond acceptors (Lipinski definition) is 3. The van der Waals surface area contributed by atoms with Crippen molar-refractivity contribution in [2.24, 2.45) is 0 Å². The maximum Gasteiger partial charge on any atom is 0.0660 e. The van der Waals surface area contributed by atoms with Crippen molar-refractivity contribution in [2.75, 3.05) is 0 Å². The Balaban J connectivity index is 1.87. The standard InChI is InChI=1S/C15H13IS3/c1-2-3-10-4-5-11(17-10)12-6-7-13(18-12)14-8-9-15(16)19-14/h4-9H,2-3H2,1H3.